The van der Waals surface area contributed by atoms with Crippen molar-refractivity contribution in [1.82, 2.24) is 4.98 Å². The molecule has 1 aromatic heterocycles. The van der Waals surface area contributed by atoms with Gasteiger partial charge in [-0.3, -0.25) is 0 Å². The van der Waals surface area contributed by atoms with Crippen molar-refractivity contribution in [2.24, 2.45) is 0 Å². The summed E-state index contributed by atoms with van der Waals surface area (Å²) in [5.74, 6) is 0.467. The van der Waals surface area contributed by atoms with Gasteiger partial charge in [0.15, 0.2) is 0 Å². The zero-order chi connectivity index (χ0) is 9.26. The standard InChI is InChI=1S/C10H7N3/c11-5-7-6-13-10(12)9-4-2-1-3-8(7)9/h1-4,6H,(H2,12,13). The number of aromatic nitrogens is 1. The van der Waals surface area contributed by atoms with Gasteiger partial charge in [-0.25, -0.2) is 4.98 Å². The molecule has 0 saturated carbocycles. The van der Waals surface area contributed by atoms with E-state index in [4.69, 9.17) is 11.0 Å². The number of anilines is 1. The Kier molecular flexibility index (Phi) is 1.60. The molecule has 13 heavy (non-hydrogen) atoms. The van der Waals surface area contributed by atoms with Crippen LogP contribution >= 0.6 is 0 Å². The van der Waals surface area contributed by atoms with Crippen molar-refractivity contribution in [3.63, 3.8) is 0 Å². The van der Waals surface area contributed by atoms with Gasteiger partial charge < -0.3 is 5.73 Å². The van der Waals surface area contributed by atoms with Gasteiger partial charge in [0.05, 0.1) is 5.56 Å². The number of fused-ring (bicyclic) bond motifs is 1. The fourth-order valence-electron chi connectivity index (χ4n) is 1.30. The molecule has 2 N–H and O–H groups in total. The summed E-state index contributed by atoms with van der Waals surface area (Å²) >= 11 is 0. The van der Waals surface area contributed by atoms with Gasteiger partial charge >= 0.3 is 0 Å². The van der Waals surface area contributed by atoms with Gasteiger partial charge in [0.2, 0.25) is 0 Å². The van der Waals surface area contributed by atoms with Crippen LogP contribution < -0.4 is 5.73 Å². The lowest BCUT2D eigenvalue weighted by atomic mass is 10.1. The number of pyridine rings is 1. The van der Waals surface area contributed by atoms with E-state index in [9.17, 15) is 0 Å². The number of nitrogens with two attached hydrogens (primary N) is 1. The summed E-state index contributed by atoms with van der Waals surface area (Å²) < 4.78 is 0. The number of benzene rings is 1. The molecule has 62 valence electrons. The van der Waals surface area contributed by atoms with E-state index in [0.29, 0.717) is 11.4 Å². The molecule has 3 heteroatoms. The Morgan fingerprint density at radius 3 is 2.62 bits per heavy atom. The molecular formula is C10H7N3. The molecule has 0 bridgehead atoms. The van der Waals surface area contributed by atoms with Gasteiger partial charge in [-0.1, -0.05) is 24.3 Å². The molecule has 0 aliphatic heterocycles. The zero-order valence-corrected chi connectivity index (χ0v) is 6.86. The fourth-order valence-corrected chi connectivity index (χ4v) is 1.30. The second-order valence-corrected chi connectivity index (χ2v) is 2.71. The molecule has 0 radical (unpaired) electrons. The first-order valence-corrected chi connectivity index (χ1v) is 3.86. The molecule has 1 heterocycles. The molecule has 0 aliphatic carbocycles. The van der Waals surface area contributed by atoms with Crippen LogP contribution in [-0.4, -0.2) is 4.98 Å². The van der Waals surface area contributed by atoms with Crippen LogP contribution in [0.2, 0.25) is 0 Å². The quantitative estimate of drug-likeness (QED) is 0.652. The van der Waals surface area contributed by atoms with E-state index >= 15 is 0 Å². The molecule has 3 nitrogen and oxygen atoms in total. The monoisotopic (exact) mass is 169 g/mol. The summed E-state index contributed by atoms with van der Waals surface area (Å²) in [5.41, 5.74) is 6.22. The summed E-state index contributed by atoms with van der Waals surface area (Å²) in [4.78, 5) is 3.93. The first-order valence-electron chi connectivity index (χ1n) is 3.86. The largest absolute Gasteiger partial charge is 0.383 e. The van der Waals surface area contributed by atoms with Crippen LogP contribution in [0.1, 0.15) is 5.56 Å². The molecule has 1 aromatic carbocycles. The Morgan fingerprint density at radius 2 is 1.92 bits per heavy atom. The Morgan fingerprint density at radius 1 is 1.23 bits per heavy atom. The van der Waals surface area contributed by atoms with Crippen LogP contribution in [0.25, 0.3) is 10.8 Å². The van der Waals surface area contributed by atoms with Crippen LogP contribution in [0.3, 0.4) is 0 Å². The topological polar surface area (TPSA) is 62.7 Å². The molecule has 0 aliphatic rings. The molecule has 0 atom stereocenters. The fraction of sp³-hybridized carbons (Fsp3) is 0. The maximum absolute atomic E-state index is 8.80. The van der Waals surface area contributed by atoms with E-state index in [0.717, 1.165) is 10.8 Å². The van der Waals surface area contributed by atoms with Crippen molar-refractivity contribution < 1.29 is 0 Å². The molecule has 2 rings (SSSR count). The summed E-state index contributed by atoms with van der Waals surface area (Å²) in [7, 11) is 0. The summed E-state index contributed by atoms with van der Waals surface area (Å²) in [6, 6.07) is 9.56. The average Bonchev–Trinajstić information content (AvgIpc) is 2.19. The highest BCUT2D eigenvalue weighted by molar-refractivity contribution is 5.94. The van der Waals surface area contributed by atoms with Crippen molar-refractivity contribution in [2.75, 3.05) is 5.73 Å². The van der Waals surface area contributed by atoms with E-state index in [-0.39, 0.29) is 0 Å². The number of nitriles is 1. The first kappa shape index (κ1) is 7.56. The normalized spacial score (nSPS) is 9.77. The highest BCUT2D eigenvalue weighted by Crippen LogP contribution is 2.21. The van der Waals surface area contributed by atoms with Gasteiger partial charge in [-0.2, -0.15) is 5.26 Å². The van der Waals surface area contributed by atoms with Crippen molar-refractivity contribution in [3.05, 3.63) is 36.0 Å². The van der Waals surface area contributed by atoms with Crippen LogP contribution in [0.5, 0.6) is 0 Å². The van der Waals surface area contributed by atoms with Crippen molar-refractivity contribution in [1.29, 1.82) is 5.26 Å². The Bertz CT molecular complexity index is 497. The van der Waals surface area contributed by atoms with Gasteiger partial charge in [-0.15, -0.1) is 0 Å². The molecule has 0 amide bonds. The molecule has 0 fully saturated rings. The Hall–Kier alpha value is -2.08. The van der Waals surface area contributed by atoms with Gasteiger partial charge in [0, 0.05) is 17.0 Å². The number of hydrogen-bond donors (Lipinski definition) is 1. The number of nitrogens with zero attached hydrogens (tertiary/aromatic N) is 2. The van der Waals surface area contributed by atoms with Crippen LogP contribution in [0, 0.1) is 11.3 Å². The molecular weight excluding hydrogens is 162 g/mol. The van der Waals surface area contributed by atoms with Crippen molar-refractivity contribution in [3.8, 4) is 6.07 Å². The minimum absolute atomic E-state index is 0.467. The summed E-state index contributed by atoms with van der Waals surface area (Å²) in [5, 5.41) is 10.5. The third kappa shape index (κ3) is 1.09. The van der Waals surface area contributed by atoms with Gasteiger partial charge in [0.25, 0.3) is 0 Å². The third-order valence-electron chi connectivity index (χ3n) is 1.95. The maximum Gasteiger partial charge on any atom is 0.131 e. The maximum atomic E-state index is 8.80. The third-order valence-corrected chi connectivity index (χ3v) is 1.95. The van der Waals surface area contributed by atoms with Crippen LogP contribution in [0.4, 0.5) is 5.82 Å². The average molecular weight is 169 g/mol. The second kappa shape index (κ2) is 2.76. The Labute approximate surface area is 75.4 Å². The van der Waals surface area contributed by atoms with E-state index in [2.05, 4.69) is 11.1 Å². The lowest BCUT2D eigenvalue weighted by Gasteiger charge is -2.01. The minimum Gasteiger partial charge on any atom is -0.383 e. The minimum atomic E-state index is 0.467. The SMILES string of the molecule is N#Cc1cnc(N)c2ccccc12. The summed E-state index contributed by atoms with van der Waals surface area (Å²) in [6.07, 6.45) is 1.50. The van der Waals surface area contributed by atoms with Crippen molar-refractivity contribution >= 4 is 16.6 Å². The second-order valence-electron chi connectivity index (χ2n) is 2.71. The van der Waals surface area contributed by atoms with Crippen LogP contribution in [0.15, 0.2) is 30.5 Å². The van der Waals surface area contributed by atoms with E-state index in [1.807, 2.05) is 24.3 Å². The van der Waals surface area contributed by atoms with Crippen molar-refractivity contribution in [2.45, 2.75) is 0 Å². The van der Waals surface area contributed by atoms with Gasteiger partial charge in [0.1, 0.15) is 11.9 Å². The number of hydrogen-bond acceptors (Lipinski definition) is 3. The number of rotatable bonds is 0. The lowest BCUT2D eigenvalue weighted by molar-refractivity contribution is 1.34. The molecule has 0 saturated heterocycles. The molecule has 0 unspecified atom stereocenters. The predicted octanol–water partition coefficient (Wildman–Crippen LogP) is 1.69. The van der Waals surface area contributed by atoms with E-state index in [1.54, 1.807) is 0 Å². The Balaban J connectivity index is 2.95. The highest BCUT2D eigenvalue weighted by Gasteiger charge is 2.02. The zero-order valence-electron chi connectivity index (χ0n) is 6.86. The first-order chi connectivity index (χ1) is 6.33. The van der Waals surface area contributed by atoms with Crippen LogP contribution in [-0.2, 0) is 0 Å². The van der Waals surface area contributed by atoms with E-state index < -0.39 is 0 Å². The van der Waals surface area contributed by atoms with E-state index in [1.165, 1.54) is 6.20 Å². The molecule has 2 aromatic rings. The smallest absolute Gasteiger partial charge is 0.131 e. The number of nitrogen functional groups attached to an aromatic ring is 1. The summed E-state index contributed by atoms with van der Waals surface area (Å²) in [6.45, 7) is 0. The predicted molar refractivity (Wildman–Crippen MR) is 50.9 cm³/mol. The highest BCUT2D eigenvalue weighted by atomic mass is 14.8. The lowest BCUT2D eigenvalue weighted by Crippen LogP contribution is -1.92. The molecule has 0 spiro atoms. The van der Waals surface area contributed by atoms with Gasteiger partial charge in [-0.05, 0) is 0 Å².